The molecule has 0 bridgehead atoms. The van der Waals surface area contributed by atoms with Crippen LogP contribution in [0.5, 0.6) is 11.5 Å². The first-order valence-corrected chi connectivity index (χ1v) is 7.64. The number of allylic oxidation sites excluding steroid dienone is 2. The fourth-order valence-electron chi connectivity index (χ4n) is 3.78. The van der Waals surface area contributed by atoms with E-state index in [4.69, 9.17) is 4.74 Å². The van der Waals surface area contributed by atoms with Crippen LogP contribution in [0, 0.1) is 5.92 Å². The molecule has 0 unspecified atom stereocenters. The Labute approximate surface area is 121 Å². The Morgan fingerprint density at radius 1 is 1.35 bits per heavy atom. The molecule has 0 saturated carbocycles. The zero-order valence-electron chi connectivity index (χ0n) is 12.9. The Bertz CT molecular complexity index is 569. The topological polar surface area (TPSA) is 29.5 Å². The molecule has 2 atom stereocenters. The molecule has 0 amide bonds. The van der Waals surface area contributed by atoms with Crippen LogP contribution in [-0.4, -0.2) is 10.7 Å². The summed E-state index contributed by atoms with van der Waals surface area (Å²) < 4.78 is 6.26. The van der Waals surface area contributed by atoms with Gasteiger partial charge < -0.3 is 9.84 Å². The largest absolute Gasteiger partial charge is 0.507 e. The number of hydrogen-bond acceptors (Lipinski definition) is 2. The van der Waals surface area contributed by atoms with Crippen LogP contribution >= 0.6 is 0 Å². The normalized spacial score (nSPS) is 27.1. The Morgan fingerprint density at radius 2 is 2.10 bits per heavy atom. The van der Waals surface area contributed by atoms with Crippen LogP contribution in [0.4, 0.5) is 0 Å². The van der Waals surface area contributed by atoms with Gasteiger partial charge >= 0.3 is 0 Å². The number of ether oxygens (including phenoxy) is 1. The maximum absolute atomic E-state index is 10.5. The number of phenolic OH excluding ortho intramolecular Hbond substituents is 1. The van der Waals surface area contributed by atoms with Crippen molar-refractivity contribution in [3.63, 3.8) is 0 Å². The van der Waals surface area contributed by atoms with Gasteiger partial charge in [0, 0.05) is 17.4 Å². The van der Waals surface area contributed by atoms with Gasteiger partial charge in [-0.15, -0.1) is 0 Å². The van der Waals surface area contributed by atoms with Crippen LogP contribution in [0.3, 0.4) is 0 Å². The van der Waals surface area contributed by atoms with Crippen molar-refractivity contribution in [2.75, 3.05) is 0 Å². The molecule has 0 radical (unpaired) electrons. The van der Waals surface area contributed by atoms with E-state index < -0.39 is 0 Å². The van der Waals surface area contributed by atoms with E-state index >= 15 is 0 Å². The summed E-state index contributed by atoms with van der Waals surface area (Å²) >= 11 is 0. The first kappa shape index (κ1) is 13.5. The van der Waals surface area contributed by atoms with E-state index in [9.17, 15) is 5.11 Å². The van der Waals surface area contributed by atoms with E-state index in [0.717, 1.165) is 36.1 Å². The Balaban J connectivity index is 2.18. The van der Waals surface area contributed by atoms with E-state index in [0.29, 0.717) is 11.7 Å². The number of benzene rings is 1. The first-order valence-electron chi connectivity index (χ1n) is 7.64. The Morgan fingerprint density at radius 3 is 2.80 bits per heavy atom. The molecule has 20 heavy (non-hydrogen) atoms. The minimum Gasteiger partial charge on any atom is -0.507 e. The molecule has 2 heteroatoms. The minimum absolute atomic E-state index is 0.173. The lowest BCUT2D eigenvalue weighted by Gasteiger charge is -2.46. The molecule has 1 aromatic rings. The molecule has 108 valence electrons. The molecule has 2 aliphatic rings. The van der Waals surface area contributed by atoms with Crippen LogP contribution in [0.2, 0.25) is 0 Å². The molecule has 3 rings (SSSR count). The molecule has 1 aromatic carbocycles. The molecule has 0 saturated heterocycles. The zero-order valence-corrected chi connectivity index (χ0v) is 12.9. The summed E-state index contributed by atoms with van der Waals surface area (Å²) in [5.41, 5.74) is 3.37. The number of aryl methyl sites for hydroxylation is 1. The molecular weight excluding hydrogens is 248 g/mol. The lowest BCUT2D eigenvalue weighted by Crippen LogP contribution is -2.45. The lowest BCUT2D eigenvalue weighted by molar-refractivity contribution is 0.0107. The number of rotatable bonds is 1. The van der Waals surface area contributed by atoms with E-state index in [2.05, 4.69) is 39.8 Å². The van der Waals surface area contributed by atoms with Crippen LogP contribution < -0.4 is 4.74 Å². The number of hydrogen-bond donors (Lipinski definition) is 1. The monoisotopic (exact) mass is 272 g/mol. The molecule has 1 aliphatic carbocycles. The zero-order chi connectivity index (χ0) is 14.5. The van der Waals surface area contributed by atoms with Crippen molar-refractivity contribution in [3.8, 4) is 11.5 Å². The smallest absolute Gasteiger partial charge is 0.127 e. The second-order valence-electron chi connectivity index (χ2n) is 6.77. The average molecular weight is 272 g/mol. The molecule has 1 aliphatic heterocycles. The third kappa shape index (κ3) is 2.02. The standard InChI is InChI=1S/C18H24O2/c1-5-12-9-15(19)17-13-8-11(2)6-7-14(13)18(3,4)20-16(17)10-12/h8-10,13-14,19H,5-7H2,1-4H3/t13-,14-/m1/s1. The van der Waals surface area contributed by atoms with E-state index in [1.165, 1.54) is 5.57 Å². The highest BCUT2D eigenvalue weighted by Gasteiger charge is 2.45. The van der Waals surface area contributed by atoms with Crippen molar-refractivity contribution in [1.29, 1.82) is 0 Å². The van der Waals surface area contributed by atoms with Crippen LogP contribution in [0.15, 0.2) is 23.8 Å². The van der Waals surface area contributed by atoms with Gasteiger partial charge in [0.2, 0.25) is 0 Å². The van der Waals surface area contributed by atoms with E-state index in [1.54, 1.807) is 0 Å². The van der Waals surface area contributed by atoms with Crippen molar-refractivity contribution in [2.45, 2.75) is 58.5 Å². The maximum atomic E-state index is 10.5. The van der Waals surface area contributed by atoms with Gasteiger partial charge in [-0.3, -0.25) is 0 Å². The van der Waals surface area contributed by atoms with Gasteiger partial charge in [-0.05, 0) is 57.7 Å². The summed E-state index contributed by atoms with van der Waals surface area (Å²) in [6.45, 7) is 8.65. The second kappa shape index (κ2) is 4.54. The fraction of sp³-hybridized carbons (Fsp3) is 0.556. The molecule has 0 aromatic heterocycles. The number of aromatic hydroxyl groups is 1. The van der Waals surface area contributed by atoms with Crippen LogP contribution in [-0.2, 0) is 6.42 Å². The first-order chi connectivity index (χ1) is 9.42. The van der Waals surface area contributed by atoms with E-state index in [-0.39, 0.29) is 11.5 Å². The Hall–Kier alpha value is -1.44. The highest BCUT2D eigenvalue weighted by atomic mass is 16.5. The summed E-state index contributed by atoms with van der Waals surface area (Å²) in [4.78, 5) is 0. The van der Waals surface area contributed by atoms with Crippen molar-refractivity contribution >= 4 is 0 Å². The van der Waals surface area contributed by atoms with Gasteiger partial charge in [-0.2, -0.15) is 0 Å². The highest BCUT2D eigenvalue weighted by Crippen LogP contribution is 2.53. The van der Waals surface area contributed by atoms with Crippen LogP contribution in [0.1, 0.15) is 57.6 Å². The van der Waals surface area contributed by atoms with Gasteiger partial charge in [0.05, 0.1) is 0 Å². The lowest BCUT2D eigenvalue weighted by atomic mass is 9.68. The van der Waals surface area contributed by atoms with E-state index in [1.807, 2.05) is 6.07 Å². The predicted octanol–water partition coefficient (Wildman–Crippen LogP) is 4.57. The SMILES string of the molecule is CCc1cc(O)c2c(c1)OC(C)(C)[C@@H]1CCC(C)=C[C@@H]21. The van der Waals surface area contributed by atoms with Gasteiger partial charge in [0.25, 0.3) is 0 Å². The maximum Gasteiger partial charge on any atom is 0.127 e. The number of phenols is 1. The quantitative estimate of drug-likeness (QED) is 0.759. The summed E-state index contributed by atoms with van der Waals surface area (Å²) in [6.07, 6.45) is 5.52. The minimum atomic E-state index is -0.173. The summed E-state index contributed by atoms with van der Waals surface area (Å²) in [7, 11) is 0. The van der Waals surface area contributed by atoms with Gasteiger partial charge in [0.15, 0.2) is 0 Å². The van der Waals surface area contributed by atoms with Crippen molar-refractivity contribution in [2.24, 2.45) is 5.92 Å². The molecule has 1 N–H and O–H groups in total. The molecule has 1 heterocycles. The van der Waals surface area contributed by atoms with Gasteiger partial charge in [0.1, 0.15) is 17.1 Å². The molecule has 0 fully saturated rings. The second-order valence-corrected chi connectivity index (χ2v) is 6.77. The summed E-state index contributed by atoms with van der Waals surface area (Å²) in [6, 6.07) is 4.00. The Kier molecular flexibility index (Phi) is 3.07. The third-order valence-electron chi connectivity index (χ3n) is 4.93. The van der Waals surface area contributed by atoms with Crippen molar-refractivity contribution in [3.05, 3.63) is 34.9 Å². The third-order valence-corrected chi connectivity index (χ3v) is 4.93. The van der Waals surface area contributed by atoms with Gasteiger partial charge in [-0.1, -0.05) is 18.6 Å². The predicted molar refractivity (Wildman–Crippen MR) is 81.4 cm³/mol. The average Bonchev–Trinajstić information content (AvgIpc) is 2.36. The summed E-state index contributed by atoms with van der Waals surface area (Å²) in [5.74, 6) is 2.00. The van der Waals surface area contributed by atoms with Crippen molar-refractivity contribution in [1.82, 2.24) is 0 Å². The highest BCUT2D eigenvalue weighted by molar-refractivity contribution is 5.53. The molecular formula is C18H24O2. The fourth-order valence-corrected chi connectivity index (χ4v) is 3.78. The van der Waals surface area contributed by atoms with Gasteiger partial charge in [-0.25, -0.2) is 0 Å². The molecule has 2 nitrogen and oxygen atoms in total. The molecule has 0 spiro atoms. The summed E-state index contributed by atoms with van der Waals surface area (Å²) in [5, 5.41) is 10.5. The van der Waals surface area contributed by atoms with Crippen LogP contribution in [0.25, 0.3) is 0 Å². The number of fused-ring (bicyclic) bond motifs is 3. The van der Waals surface area contributed by atoms with Crippen molar-refractivity contribution < 1.29 is 9.84 Å².